The first kappa shape index (κ1) is 17.7. The molecule has 0 fully saturated rings. The predicted molar refractivity (Wildman–Crippen MR) is 87.9 cm³/mol. The molecule has 24 heavy (non-hydrogen) atoms. The highest BCUT2D eigenvalue weighted by Crippen LogP contribution is 2.13. The van der Waals surface area contributed by atoms with E-state index < -0.39 is 17.8 Å². The van der Waals surface area contributed by atoms with Crippen LogP contribution in [-0.4, -0.2) is 17.9 Å². The van der Waals surface area contributed by atoms with Crippen molar-refractivity contribution in [1.29, 1.82) is 0 Å². The molecule has 2 aromatic rings. The zero-order valence-corrected chi connectivity index (χ0v) is 13.6. The Kier molecular flexibility index (Phi) is 6.14. The minimum atomic E-state index is -0.859. The normalized spacial score (nSPS) is 11.5. The van der Waals surface area contributed by atoms with Crippen molar-refractivity contribution in [2.24, 2.45) is 0 Å². The molecule has 0 spiro atoms. The van der Waals surface area contributed by atoms with Gasteiger partial charge in [-0.15, -0.1) is 0 Å². The van der Waals surface area contributed by atoms with E-state index in [1.54, 1.807) is 24.3 Å². The summed E-state index contributed by atoms with van der Waals surface area (Å²) in [5.74, 6) is -0.963. The molecule has 126 valence electrons. The lowest BCUT2D eigenvalue weighted by atomic mass is 10.1. The van der Waals surface area contributed by atoms with Crippen molar-refractivity contribution >= 4 is 23.4 Å². The van der Waals surface area contributed by atoms with Crippen LogP contribution >= 0.6 is 11.6 Å². The zero-order valence-electron chi connectivity index (χ0n) is 12.9. The average Bonchev–Trinajstić information content (AvgIpc) is 2.54. The molecule has 0 aliphatic heterocycles. The van der Waals surface area contributed by atoms with Gasteiger partial charge in [0.2, 0.25) is 5.91 Å². The van der Waals surface area contributed by atoms with Gasteiger partial charge in [-0.25, -0.2) is 4.39 Å². The summed E-state index contributed by atoms with van der Waals surface area (Å²) < 4.78 is 18.2. The van der Waals surface area contributed by atoms with Crippen LogP contribution in [-0.2, 0) is 16.0 Å². The van der Waals surface area contributed by atoms with E-state index >= 15 is 0 Å². The third-order valence-electron chi connectivity index (χ3n) is 3.07. The van der Waals surface area contributed by atoms with Crippen LogP contribution < -0.4 is 15.6 Å². The van der Waals surface area contributed by atoms with Gasteiger partial charge in [0.25, 0.3) is 5.91 Å². The average molecular weight is 351 g/mol. The second-order valence-electron chi connectivity index (χ2n) is 5.06. The van der Waals surface area contributed by atoms with Crippen LogP contribution in [0.15, 0.2) is 48.5 Å². The van der Waals surface area contributed by atoms with Gasteiger partial charge in [-0.2, -0.15) is 0 Å². The molecular formula is C17H16ClFN2O3. The van der Waals surface area contributed by atoms with Gasteiger partial charge in [0, 0.05) is 5.02 Å². The van der Waals surface area contributed by atoms with Crippen molar-refractivity contribution in [2.45, 2.75) is 19.4 Å². The minimum Gasteiger partial charge on any atom is -0.481 e. The molecule has 2 amide bonds. The number of ether oxygens (including phenoxy) is 1. The summed E-state index contributed by atoms with van der Waals surface area (Å²) in [6.07, 6.45) is -0.782. The molecule has 0 aromatic heterocycles. The molecule has 2 rings (SSSR count). The quantitative estimate of drug-likeness (QED) is 0.815. The second-order valence-corrected chi connectivity index (χ2v) is 5.49. The van der Waals surface area contributed by atoms with Gasteiger partial charge in [-0.3, -0.25) is 20.4 Å². The molecule has 1 atom stereocenters. The van der Waals surface area contributed by atoms with Crippen molar-refractivity contribution in [1.82, 2.24) is 10.9 Å². The monoisotopic (exact) mass is 350 g/mol. The molecule has 0 aliphatic rings. The Labute approximate surface area is 143 Å². The van der Waals surface area contributed by atoms with E-state index in [1.807, 2.05) is 0 Å². The Morgan fingerprint density at radius 1 is 1.17 bits per heavy atom. The van der Waals surface area contributed by atoms with Crippen LogP contribution in [0.5, 0.6) is 5.75 Å². The summed E-state index contributed by atoms with van der Waals surface area (Å²) in [6.45, 7) is 1.52. The summed E-state index contributed by atoms with van der Waals surface area (Å²) in [4.78, 5) is 23.7. The van der Waals surface area contributed by atoms with Gasteiger partial charge in [0.05, 0.1) is 6.42 Å². The van der Waals surface area contributed by atoms with Gasteiger partial charge in [-0.05, 0) is 48.9 Å². The van der Waals surface area contributed by atoms with Gasteiger partial charge < -0.3 is 4.74 Å². The zero-order chi connectivity index (χ0) is 17.5. The highest BCUT2D eigenvalue weighted by Gasteiger charge is 2.15. The Balaban J connectivity index is 1.79. The second kappa shape index (κ2) is 8.31. The summed E-state index contributed by atoms with van der Waals surface area (Å²) in [6, 6.07) is 12.2. The third-order valence-corrected chi connectivity index (χ3v) is 3.31. The molecule has 0 radical (unpaired) electrons. The fraction of sp³-hybridized carbons (Fsp3) is 0.176. The number of amides is 2. The van der Waals surface area contributed by atoms with E-state index in [-0.39, 0.29) is 12.3 Å². The van der Waals surface area contributed by atoms with E-state index in [0.29, 0.717) is 10.8 Å². The van der Waals surface area contributed by atoms with Crippen molar-refractivity contribution in [3.05, 3.63) is 64.9 Å². The van der Waals surface area contributed by atoms with E-state index in [2.05, 4.69) is 10.9 Å². The van der Waals surface area contributed by atoms with Crippen molar-refractivity contribution in [3.8, 4) is 5.75 Å². The highest BCUT2D eigenvalue weighted by atomic mass is 35.5. The summed E-state index contributed by atoms with van der Waals surface area (Å²) >= 11 is 5.84. The highest BCUT2D eigenvalue weighted by molar-refractivity contribution is 6.30. The maximum absolute atomic E-state index is 12.8. The van der Waals surface area contributed by atoms with Crippen molar-refractivity contribution in [3.63, 3.8) is 0 Å². The Bertz CT molecular complexity index is 722. The Morgan fingerprint density at radius 2 is 1.88 bits per heavy atom. The molecule has 7 heteroatoms. The van der Waals surface area contributed by atoms with Gasteiger partial charge in [0.1, 0.15) is 11.6 Å². The van der Waals surface area contributed by atoms with Crippen LogP contribution in [0.25, 0.3) is 0 Å². The van der Waals surface area contributed by atoms with E-state index in [9.17, 15) is 14.0 Å². The molecule has 1 unspecified atom stereocenters. The number of nitrogens with one attached hydrogen (secondary N) is 2. The lowest BCUT2D eigenvalue weighted by molar-refractivity contribution is -0.132. The third kappa shape index (κ3) is 5.55. The topological polar surface area (TPSA) is 67.4 Å². The SMILES string of the molecule is CC(Oc1ccc(F)cc1)C(=O)NNC(=O)Cc1cccc(Cl)c1. The first-order valence-electron chi connectivity index (χ1n) is 7.19. The number of benzene rings is 2. The molecule has 0 heterocycles. The van der Waals surface area contributed by atoms with Crippen LogP contribution in [0.1, 0.15) is 12.5 Å². The van der Waals surface area contributed by atoms with E-state index in [4.69, 9.17) is 16.3 Å². The summed E-state index contributed by atoms with van der Waals surface area (Å²) in [7, 11) is 0. The number of hydrazine groups is 1. The molecular weight excluding hydrogens is 335 g/mol. The maximum Gasteiger partial charge on any atom is 0.279 e. The molecule has 0 saturated heterocycles. The molecule has 2 aromatic carbocycles. The standard InChI is InChI=1S/C17H16ClFN2O3/c1-11(24-15-7-5-14(19)6-8-15)17(23)21-20-16(22)10-12-3-2-4-13(18)9-12/h2-9,11H,10H2,1H3,(H,20,22)(H,21,23). The number of carbonyl (C=O) groups excluding carboxylic acids is 2. The van der Waals surface area contributed by atoms with Crippen molar-refractivity contribution in [2.75, 3.05) is 0 Å². The Morgan fingerprint density at radius 3 is 2.54 bits per heavy atom. The number of hydrogen-bond acceptors (Lipinski definition) is 3. The minimum absolute atomic E-state index is 0.0774. The summed E-state index contributed by atoms with van der Waals surface area (Å²) in [5.41, 5.74) is 5.31. The van der Waals surface area contributed by atoms with Gasteiger partial charge in [0.15, 0.2) is 6.10 Å². The van der Waals surface area contributed by atoms with Crippen LogP contribution in [0.2, 0.25) is 5.02 Å². The first-order valence-corrected chi connectivity index (χ1v) is 7.57. The largest absolute Gasteiger partial charge is 0.481 e. The van der Waals surface area contributed by atoms with Gasteiger partial charge in [-0.1, -0.05) is 23.7 Å². The van der Waals surface area contributed by atoms with Crippen LogP contribution in [0, 0.1) is 5.82 Å². The van der Waals surface area contributed by atoms with Gasteiger partial charge >= 0.3 is 0 Å². The predicted octanol–water partition coefficient (Wildman–Crippen LogP) is 2.64. The molecule has 0 bridgehead atoms. The van der Waals surface area contributed by atoms with Crippen LogP contribution in [0.3, 0.4) is 0 Å². The molecule has 0 aliphatic carbocycles. The molecule has 5 nitrogen and oxygen atoms in total. The number of halogens is 2. The molecule has 0 saturated carbocycles. The lowest BCUT2D eigenvalue weighted by Gasteiger charge is -2.15. The maximum atomic E-state index is 12.8. The first-order chi connectivity index (χ1) is 11.4. The fourth-order valence-corrected chi connectivity index (χ4v) is 2.09. The smallest absolute Gasteiger partial charge is 0.279 e. The van der Waals surface area contributed by atoms with Crippen LogP contribution in [0.4, 0.5) is 4.39 Å². The van der Waals surface area contributed by atoms with Crippen molar-refractivity contribution < 1.29 is 18.7 Å². The molecule has 2 N–H and O–H groups in total. The number of rotatable bonds is 5. The summed E-state index contributed by atoms with van der Waals surface area (Å²) in [5, 5.41) is 0.533. The fourth-order valence-electron chi connectivity index (χ4n) is 1.88. The lowest BCUT2D eigenvalue weighted by Crippen LogP contribution is -2.47. The Hall–Kier alpha value is -2.60. The number of carbonyl (C=O) groups is 2. The number of hydrogen-bond donors (Lipinski definition) is 2. The van der Waals surface area contributed by atoms with E-state index in [0.717, 1.165) is 5.56 Å². The van der Waals surface area contributed by atoms with E-state index in [1.165, 1.54) is 31.2 Å².